The van der Waals surface area contributed by atoms with Gasteiger partial charge in [0.05, 0.1) is 13.1 Å². The Morgan fingerprint density at radius 1 is 1.46 bits per heavy atom. The van der Waals surface area contributed by atoms with Crippen LogP contribution in [0.2, 0.25) is 5.02 Å². The van der Waals surface area contributed by atoms with Crippen molar-refractivity contribution in [3.63, 3.8) is 0 Å². The van der Waals surface area contributed by atoms with Crippen molar-refractivity contribution in [2.45, 2.75) is 45.1 Å². The number of benzene rings is 1. The van der Waals surface area contributed by atoms with Crippen molar-refractivity contribution in [1.82, 2.24) is 25.4 Å². The third-order valence-electron chi connectivity index (χ3n) is 4.55. The first-order chi connectivity index (χ1) is 13.6. The summed E-state index contributed by atoms with van der Waals surface area (Å²) in [6.07, 6.45) is 1.02. The maximum Gasteiger partial charge on any atom is 0.191 e. The molecule has 3 N–H and O–H groups in total. The number of ether oxygens (including phenoxy) is 1. The molecule has 0 spiro atoms. The topological polar surface area (TPSA) is 96.6 Å². The van der Waals surface area contributed by atoms with Crippen molar-refractivity contribution in [3.05, 3.63) is 46.5 Å². The normalized spacial score (nSPS) is 17.9. The molecule has 152 valence electrons. The molecule has 0 fully saturated rings. The van der Waals surface area contributed by atoms with Crippen LogP contribution in [0.4, 0.5) is 0 Å². The highest BCUT2D eigenvalue weighted by atomic mass is 35.5. The van der Waals surface area contributed by atoms with Gasteiger partial charge in [0.1, 0.15) is 18.5 Å². The van der Waals surface area contributed by atoms with Crippen molar-refractivity contribution in [2.75, 3.05) is 20.2 Å². The molecule has 3 rings (SSSR count). The quantitative estimate of drug-likeness (QED) is 0.478. The number of halogens is 1. The summed E-state index contributed by atoms with van der Waals surface area (Å²) in [6, 6.07) is 7.46. The van der Waals surface area contributed by atoms with E-state index in [-0.39, 0.29) is 12.6 Å². The Hall–Kier alpha value is -2.16. The van der Waals surface area contributed by atoms with E-state index < -0.39 is 6.10 Å². The summed E-state index contributed by atoms with van der Waals surface area (Å²) < 4.78 is 7.04. The lowest BCUT2D eigenvalue weighted by Gasteiger charge is -2.25. The van der Waals surface area contributed by atoms with E-state index in [4.69, 9.17) is 16.3 Å². The summed E-state index contributed by atoms with van der Waals surface area (Å²) in [5, 5.41) is 22.1. The van der Waals surface area contributed by atoms with E-state index >= 15 is 0 Å². The first-order valence-corrected chi connectivity index (χ1v) is 9.87. The number of aliphatic hydroxyl groups excluding tert-OH is 1. The van der Waals surface area contributed by atoms with E-state index in [1.54, 1.807) is 13.2 Å². The molecule has 1 aliphatic rings. The number of aryl methyl sites for hydroxylation is 1. The van der Waals surface area contributed by atoms with Gasteiger partial charge >= 0.3 is 0 Å². The van der Waals surface area contributed by atoms with Gasteiger partial charge in [0, 0.05) is 36.7 Å². The summed E-state index contributed by atoms with van der Waals surface area (Å²) in [6.45, 7) is 4.09. The van der Waals surface area contributed by atoms with Crippen LogP contribution in [-0.4, -0.2) is 52.1 Å². The van der Waals surface area contributed by atoms with E-state index in [0.29, 0.717) is 35.5 Å². The van der Waals surface area contributed by atoms with Gasteiger partial charge in [0.15, 0.2) is 11.8 Å². The van der Waals surface area contributed by atoms with Gasteiger partial charge < -0.3 is 20.5 Å². The number of nitrogens with one attached hydrogen (secondary N) is 2. The van der Waals surface area contributed by atoms with E-state index in [9.17, 15) is 5.11 Å². The van der Waals surface area contributed by atoms with Crippen LogP contribution in [0.15, 0.2) is 29.3 Å². The van der Waals surface area contributed by atoms with Crippen molar-refractivity contribution in [1.29, 1.82) is 0 Å². The molecule has 28 heavy (non-hydrogen) atoms. The van der Waals surface area contributed by atoms with Gasteiger partial charge in [0.2, 0.25) is 0 Å². The number of methoxy groups -OCH3 is 1. The van der Waals surface area contributed by atoms with E-state index in [1.165, 1.54) is 0 Å². The molecule has 1 aromatic carbocycles. The third kappa shape index (κ3) is 5.21. The number of fused-ring (bicyclic) bond motifs is 1. The van der Waals surface area contributed by atoms with Crippen molar-refractivity contribution >= 4 is 17.6 Å². The van der Waals surface area contributed by atoms with Crippen LogP contribution in [0.5, 0.6) is 0 Å². The number of nitrogens with zero attached hydrogens (tertiary/aromatic N) is 4. The van der Waals surface area contributed by atoms with Gasteiger partial charge in [-0.15, -0.1) is 0 Å². The first-order valence-electron chi connectivity index (χ1n) is 9.49. The first kappa shape index (κ1) is 20.6. The summed E-state index contributed by atoms with van der Waals surface area (Å²) in [7, 11) is 1.64. The largest absolute Gasteiger partial charge is 0.386 e. The fraction of sp³-hybridized carbons (Fsp3) is 0.526. The van der Waals surface area contributed by atoms with Crippen LogP contribution in [0.3, 0.4) is 0 Å². The van der Waals surface area contributed by atoms with E-state index in [2.05, 4.69) is 25.7 Å². The molecule has 0 aliphatic carbocycles. The molecule has 1 aromatic heterocycles. The number of aliphatic hydroxyl groups is 1. The zero-order valence-corrected chi connectivity index (χ0v) is 17.0. The van der Waals surface area contributed by atoms with Gasteiger partial charge in [0.25, 0.3) is 0 Å². The molecular formula is C19H27ClN6O2. The summed E-state index contributed by atoms with van der Waals surface area (Å²) in [4.78, 5) is 9.04. The molecule has 0 saturated carbocycles. The van der Waals surface area contributed by atoms with E-state index in [1.807, 2.05) is 29.8 Å². The molecule has 8 nitrogen and oxygen atoms in total. The van der Waals surface area contributed by atoms with Crippen LogP contribution >= 0.6 is 11.6 Å². The van der Waals surface area contributed by atoms with Gasteiger partial charge in [-0.05, 0) is 19.4 Å². The number of aliphatic imine (C=N–C) groups is 1. The Labute approximate surface area is 170 Å². The molecule has 0 radical (unpaired) electrons. The number of aromatic nitrogens is 3. The molecule has 2 aromatic rings. The second-order valence-corrected chi connectivity index (χ2v) is 7.10. The summed E-state index contributed by atoms with van der Waals surface area (Å²) in [5.41, 5.74) is 0.680. The van der Waals surface area contributed by atoms with Crippen molar-refractivity contribution in [3.8, 4) is 0 Å². The molecular weight excluding hydrogens is 380 g/mol. The summed E-state index contributed by atoms with van der Waals surface area (Å²) in [5.74, 6) is 2.36. The Morgan fingerprint density at radius 3 is 3.04 bits per heavy atom. The van der Waals surface area contributed by atoms with Gasteiger partial charge in [-0.25, -0.2) is 9.67 Å². The molecule has 0 bridgehead atoms. The fourth-order valence-corrected chi connectivity index (χ4v) is 3.47. The average Bonchev–Trinajstić information content (AvgIpc) is 3.08. The SMILES string of the molecule is CCNC(=NCC(O)c1ccccc1Cl)NC1CCc2nc(COC)nn2C1. The molecule has 1 aliphatic heterocycles. The second-order valence-electron chi connectivity index (χ2n) is 6.70. The smallest absolute Gasteiger partial charge is 0.191 e. The monoisotopic (exact) mass is 406 g/mol. The van der Waals surface area contributed by atoms with E-state index in [0.717, 1.165) is 25.2 Å². The maximum absolute atomic E-state index is 10.4. The second kappa shape index (κ2) is 9.86. The average molecular weight is 407 g/mol. The Bertz CT molecular complexity index is 809. The minimum Gasteiger partial charge on any atom is -0.386 e. The fourth-order valence-electron chi connectivity index (χ4n) is 3.20. The lowest BCUT2D eigenvalue weighted by molar-refractivity contribution is 0.177. The number of hydrogen-bond donors (Lipinski definition) is 3. The van der Waals surface area contributed by atoms with Crippen molar-refractivity contribution < 1.29 is 9.84 Å². The molecule has 2 heterocycles. The minimum absolute atomic E-state index is 0.180. The van der Waals surface area contributed by atoms with Crippen molar-refractivity contribution in [2.24, 2.45) is 4.99 Å². The highest BCUT2D eigenvalue weighted by Crippen LogP contribution is 2.22. The molecule has 0 amide bonds. The van der Waals surface area contributed by atoms with Gasteiger partial charge in [-0.3, -0.25) is 4.99 Å². The molecule has 9 heteroatoms. The zero-order chi connectivity index (χ0) is 19.9. The maximum atomic E-state index is 10.4. The van der Waals surface area contributed by atoms with Gasteiger partial charge in [-0.1, -0.05) is 29.8 Å². The lowest BCUT2D eigenvalue weighted by atomic mass is 10.1. The Balaban J connectivity index is 1.62. The molecule has 0 saturated heterocycles. The standard InChI is InChI=1S/C19H27ClN6O2/c1-3-21-19(22-10-16(27)14-6-4-5-7-15(14)20)23-13-8-9-18-24-17(12-28-2)25-26(18)11-13/h4-7,13,16,27H,3,8-12H2,1-2H3,(H2,21,22,23). The zero-order valence-electron chi connectivity index (χ0n) is 16.2. The predicted molar refractivity (Wildman–Crippen MR) is 108 cm³/mol. The number of guanidine groups is 1. The summed E-state index contributed by atoms with van der Waals surface area (Å²) >= 11 is 6.16. The highest BCUT2D eigenvalue weighted by molar-refractivity contribution is 6.31. The number of rotatable bonds is 7. The Morgan fingerprint density at radius 2 is 2.29 bits per heavy atom. The van der Waals surface area contributed by atoms with Crippen LogP contribution < -0.4 is 10.6 Å². The van der Waals surface area contributed by atoms with Crippen LogP contribution in [0.25, 0.3) is 0 Å². The molecule has 2 atom stereocenters. The highest BCUT2D eigenvalue weighted by Gasteiger charge is 2.22. The predicted octanol–water partition coefficient (Wildman–Crippen LogP) is 1.68. The Kier molecular flexibility index (Phi) is 7.24. The van der Waals surface area contributed by atoms with Crippen LogP contribution in [-0.2, 0) is 24.3 Å². The number of hydrogen-bond acceptors (Lipinski definition) is 5. The third-order valence-corrected chi connectivity index (χ3v) is 4.89. The van der Waals surface area contributed by atoms with Crippen LogP contribution in [0, 0.1) is 0 Å². The van der Waals surface area contributed by atoms with Gasteiger partial charge in [-0.2, -0.15) is 5.10 Å². The van der Waals surface area contributed by atoms with Crippen LogP contribution in [0.1, 0.15) is 36.7 Å². The minimum atomic E-state index is -0.756. The molecule has 2 unspecified atom stereocenters. The lowest BCUT2D eigenvalue weighted by Crippen LogP contribution is -2.47.